The minimum Gasteiger partial charge on any atom is -0.468 e. The number of anilines is 3. The lowest BCUT2D eigenvalue weighted by Crippen LogP contribution is -2.38. The van der Waals surface area contributed by atoms with E-state index >= 15 is 0 Å². The van der Waals surface area contributed by atoms with Gasteiger partial charge in [-0.15, -0.1) is 0 Å². The normalized spacial score (nSPS) is 14.3. The summed E-state index contributed by atoms with van der Waals surface area (Å²) in [5, 5.41) is 6.54. The molecule has 1 aliphatic heterocycles. The van der Waals surface area contributed by atoms with Gasteiger partial charge in [0, 0.05) is 37.2 Å². The highest BCUT2D eigenvalue weighted by Crippen LogP contribution is 2.25. The van der Waals surface area contributed by atoms with Gasteiger partial charge in [-0.2, -0.15) is 0 Å². The molecule has 0 saturated carbocycles. The number of hydrogen-bond donors (Lipinski definition) is 2. The van der Waals surface area contributed by atoms with Crippen LogP contribution < -0.4 is 15.5 Å². The number of esters is 1. The molecule has 0 unspecified atom stereocenters. The Morgan fingerprint density at radius 1 is 1.16 bits per heavy atom. The van der Waals surface area contributed by atoms with E-state index in [9.17, 15) is 4.79 Å². The van der Waals surface area contributed by atoms with Gasteiger partial charge in [-0.25, -0.2) is 15.0 Å². The Morgan fingerprint density at radius 2 is 2.00 bits per heavy atom. The van der Waals surface area contributed by atoms with Crippen LogP contribution in [0.5, 0.6) is 0 Å². The molecule has 9 nitrogen and oxygen atoms in total. The zero-order chi connectivity index (χ0) is 26.7. The van der Waals surface area contributed by atoms with E-state index in [4.69, 9.17) is 9.72 Å². The van der Waals surface area contributed by atoms with Crippen LogP contribution in [0, 0.1) is 5.92 Å². The summed E-state index contributed by atoms with van der Waals surface area (Å²) in [5.74, 6) is 1.95. The first-order valence-electron chi connectivity index (χ1n) is 13.3. The van der Waals surface area contributed by atoms with Crippen LogP contribution in [0.25, 0.3) is 11.3 Å². The lowest BCUT2D eigenvalue weighted by Gasteiger charge is -2.31. The number of carbonyl (C=O) groups excluding carboxylic acids is 1. The Morgan fingerprint density at radius 3 is 2.74 bits per heavy atom. The van der Waals surface area contributed by atoms with Gasteiger partial charge in [-0.05, 0) is 94.2 Å². The molecule has 0 spiro atoms. The third-order valence-electron chi connectivity index (χ3n) is 7.01. The molecule has 0 bridgehead atoms. The zero-order valence-electron chi connectivity index (χ0n) is 22.7. The molecule has 0 amide bonds. The van der Waals surface area contributed by atoms with E-state index in [1.54, 1.807) is 6.20 Å². The Bertz CT molecular complexity index is 1160. The molecule has 3 aromatic rings. The summed E-state index contributed by atoms with van der Waals surface area (Å²) in [6.45, 7) is 4.18. The van der Waals surface area contributed by atoms with Gasteiger partial charge in [0.1, 0.15) is 5.82 Å². The average molecular weight is 518 g/mol. The van der Waals surface area contributed by atoms with Gasteiger partial charge >= 0.3 is 5.97 Å². The van der Waals surface area contributed by atoms with Gasteiger partial charge in [0.25, 0.3) is 0 Å². The fourth-order valence-electron chi connectivity index (χ4n) is 4.78. The van der Waals surface area contributed by atoms with Crippen molar-refractivity contribution in [3.8, 4) is 11.3 Å². The van der Waals surface area contributed by atoms with Crippen LogP contribution in [0.4, 0.5) is 17.5 Å². The largest absolute Gasteiger partial charge is 0.468 e. The number of nitrogens with one attached hydrogen (secondary N) is 2. The summed E-state index contributed by atoms with van der Waals surface area (Å²) in [6, 6.07) is 14.5. The molecular weight excluding hydrogens is 478 g/mol. The second-order valence-electron chi connectivity index (χ2n) is 9.87. The van der Waals surface area contributed by atoms with E-state index in [1.165, 1.54) is 12.7 Å². The summed E-state index contributed by atoms with van der Waals surface area (Å²) in [5.41, 5.74) is 4.04. The van der Waals surface area contributed by atoms with Crippen LogP contribution in [-0.2, 0) is 16.0 Å². The molecule has 4 rings (SSSR count). The molecule has 2 aromatic heterocycles. The number of pyridine rings is 1. The highest BCUT2D eigenvalue weighted by Gasteiger charge is 2.21. The number of carbonyl (C=O) groups is 1. The number of piperidine rings is 1. The smallest absolute Gasteiger partial charge is 0.319 e. The van der Waals surface area contributed by atoms with Crippen LogP contribution >= 0.6 is 0 Å². The minimum atomic E-state index is -0.162. The van der Waals surface area contributed by atoms with E-state index in [0.717, 1.165) is 74.6 Å². The molecule has 0 radical (unpaired) electrons. The minimum absolute atomic E-state index is 0.162. The van der Waals surface area contributed by atoms with Crippen molar-refractivity contribution in [2.45, 2.75) is 25.7 Å². The molecule has 1 aliphatic rings. The molecule has 3 heterocycles. The van der Waals surface area contributed by atoms with E-state index in [1.807, 2.05) is 31.4 Å². The summed E-state index contributed by atoms with van der Waals surface area (Å²) < 4.78 is 4.79. The fraction of sp³-hybridized carbons (Fsp3) is 0.448. The van der Waals surface area contributed by atoms with Crippen LogP contribution in [0.15, 0.2) is 54.9 Å². The number of nitrogens with zero attached hydrogens (tertiary/aromatic N) is 5. The van der Waals surface area contributed by atoms with Crippen LogP contribution in [0.1, 0.15) is 24.8 Å². The average Bonchev–Trinajstić information content (AvgIpc) is 2.94. The summed E-state index contributed by atoms with van der Waals surface area (Å²) in [7, 11) is 5.47. The van der Waals surface area contributed by atoms with Gasteiger partial charge in [-0.3, -0.25) is 9.69 Å². The van der Waals surface area contributed by atoms with Crippen molar-refractivity contribution in [1.29, 1.82) is 0 Å². The lowest BCUT2D eigenvalue weighted by molar-refractivity contribution is -0.142. The molecule has 9 heteroatoms. The van der Waals surface area contributed by atoms with Gasteiger partial charge < -0.3 is 20.3 Å². The molecular formula is C29H39N7O2. The number of ether oxygens (including phenoxy) is 1. The number of rotatable bonds is 12. The predicted octanol–water partition coefficient (Wildman–Crippen LogP) is 3.76. The third-order valence-corrected chi connectivity index (χ3v) is 7.01. The van der Waals surface area contributed by atoms with Crippen molar-refractivity contribution in [3.05, 3.63) is 60.4 Å². The van der Waals surface area contributed by atoms with Crippen LogP contribution in [0.3, 0.4) is 0 Å². The van der Waals surface area contributed by atoms with Crippen molar-refractivity contribution in [2.75, 3.05) is 64.1 Å². The quantitative estimate of drug-likeness (QED) is 0.275. The molecule has 0 atom stereocenters. The van der Waals surface area contributed by atoms with E-state index in [2.05, 4.69) is 61.7 Å². The van der Waals surface area contributed by atoms with E-state index < -0.39 is 0 Å². The van der Waals surface area contributed by atoms with Crippen LogP contribution in [0.2, 0.25) is 0 Å². The SMILES string of the molecule is CNCCCN(C)c1ccc(-c2ccnc(Nc3cccc(CC4CCN(CC(=O)OC)CC4)c3)n2)cn1. The van der Waals surface area contributed by atoms with Gasteiger partial charge in [0.15, 0.2) is 0 Å². The highest BCUT2D eigenvalue weighted by atomic mass is 16.5. The maximum Gasteiger partial charge on any atom is 0.319 e. The topological polar surface area (TPSA) is 95.5 Å². The number of aromatic nitrogens is 3. The first-order chi connectivity index (χ1) is 18.5. The molecule has 1 saturated heterocycles. The van der Waals surface area contributed by atoms with Crippen molar-refractivity contribution in [2.24, 2.45) is 5.92 Å². The maximum absolute atomic E-state index is 11.5. The highest BCUT2D eigenvalue weighted by molar-refractivity contribution is 5.71. The summed E-state index contributed by atoms with van der Waals surface area (Å²) in [4.78, 5) is 29.7. The van der Waals surface area contributed by atoms with Crippen LogP contribution in [-0.4, -0.2) is 79.8 Å². The van der Waals surface area contributed by atoms with Crippen molar-refractivity contribution in [1.82, 2.24) is 25.2 Å². The Hall–Kier alpha value is -3.56. The van der Waals surface area contributed by atoms with Gasteiger partial charge in [0.2, 0.25) is 5.95 Å². The zero-order valence-corrected chi connectivity index (χ0v) is 22.7. The molecule has 0 aliphatic carbocycles. The second kappa shape index (κ2) is 13.8. The van der Waals surface area contributed by atoms with Crippen molar-refractivity contribution >= 4 is 23.4 Å². The monoisotopic (exact) mass is 517 g/mol. The van der Waals surface area contributed by atoms with E-state index in [0.29, 0.717) is 18.4 Å². The summed E-state index contributed by atoms with van der Waals surface area (Å²) >= 11 is 0. The first-order valence-corrected chi connectivity index (χ1v) is 13.3. The second-order valence-corrected chi connectivity index (χ2v) is 9.87. The standard InChI is InChI=1S/C29H39N7O2/c1-30-13-5-15-35(2)27-9-8-24(20-32-27)26-10-14-31-29(34-26)33-25-7-4-6-23(19-25)18-22-11-16-36(17-12-22)21-28(37)38-3/h4,6-10,14,19-20,22,30H,5,11-13,15-18,21H2,1-3H3,(H,31,33,34). The molecule has 1 aromatic carbocycles. The van der Waals surface area contributed by atoms with Crippen molar-refractivity contribution in [3.63, 3.8) is 0 Å². The van der Waals surface area contributed by atoms with E-state index in [-0.39, 0.29) is 5.97 Å². The molecule has 1 fully saturated rings. The fourth-order valence-corrected chi connectivity index (χ4v) is 4.78. The number of benzene rings is 1. The predicted molar refractivity (Wildman–Crippen MR) is 152 cm³/mol. The maximum atomic E-state index is 11.5. The van der Waals surface area contributed by atoms with Gasteiger partial charge in [0.05, 0.1) is 19.3 Å². The Labute approximate surface area is 225 Å². The van der Waals surface area contributed by atoms with Crippen molar-refractivity contribution < 1.29 is 9.53 Å². The molecule has 202 valence electrons. The lowest BCUT2D eigenvalue weighted by atomic mass is 9.90. The molecule has 2 N–H and O–H groups in total. The molecule has 38 heavy (non-hydrogen) atoms. The Balaban J connectivity index is 1.33. The number of hydrogen-bond acceptors (Lipinski definition) is 9. The number of likely N-dealkylation sites (tertiary alicyclic amines) is 1. The Kier molecular flexibility index (Phi) is 10.0. The summed E-state index contributed by atoms with van der Waals surface area (Å²) in [6.07, 6.45) is 7.89. The first kappa shape index (κ1) is 27.5. The van der Waals surface area contributed by atoms with Gasteiger partial charge in [-0.1, -0.05) is 12.1 Å². The number of methoxy groups -OCH3 is 1. The third kappa shape index (κ3) is 7.97.